The van der Waals surface area contributed by atoms with Gasteiger partial charge in [-0.25, -0.2) is 0 Å². The number of ether oxygens (including phenoxy) is 2. The fourth-order valence-corrected chi connectivity index (χ4v) is 4.56. The van der Waals surface area contributed by atoms with E-state index in [0.29, 0.717) is 31.1 Å². The molecule has 2 aromatic carbocycles. The number of hydrogen-bond donors (Lipinski definition) is 2. The number of carbonyl (C=O) groups is 2. The third kappa shape index (κ3) is 4.69. The summed E-state index contributed by atoms with van der Waals surface area (Å²) in [5.41, 5.74) is 5.50. The van der Waals surface area contributed by atoms with Crippen molar-refractivity contribution in [2.24, 2.45) is 0 Å². The van der Waals surface area contributed by atoms with Gasteiger partial charge in [0, 0.05) is 22.4 Å². The third-order valence-corrected chi connectivity index (χ3v) is 6.32. The number of esters is 1. The summed E-state index contributed by atoms with van der Waals surface area (Å²) in [6, 6.07) is 13.6. The van der Waals surface area contributed by atoms with Crippen LogP contribution in [-0.4, -0.2) is 43.1 Å². The zero-order valence-electron chi connectivity index (χ0n) is 18.4. The minimum Gasteiger partial charge on any atom is -0.487 e. The molecule has 1 atom stereocenters. The summed E-state index contributed by atoms with van der Waals surface area (Å²) in [6.07, 6.45) is 3.57. The Morgan fingerprint density at radius 3 is 2.91 bits per heavy atom. The summed E-state index contributed by atoms with van der Waals surface area (Å²) in [5, 5.41) is 6.26. The molecular weight excluding hydrogens is 424 g/mol. The van der Waals surface area contributed by atoms with Crippen LogP contribution in [-0.2, 0) is 32.1 Å². The van der Waals surface area contributed by atoms with Crippen LogP contribution in [0.15, 0.2) is 42.5 Å². The van der Waals surface area contributed by atoms with Gasteiger partial charge in [-0.05, 0) is 49.9 Å². The van der Waals surface area contributed by atoms with Crippen LogP contribution in [0.2, 0.25) is 0 Å². The average Bonchev–Trinajstić information content (AvgIpc) is 3.35. The van der Waals surface area contributed by atoms with Gasteiger partial charge in [-0.15, -0.1) is 0 Å². The molecule has 4 rings (SSSR count). The molecule has 32 heavy (non-hydrogen) atoms. The topological polar surface area (TPSA) is 76.7 Å². The predicted octanol–water partition coefficient (Wildman–Crippen LogP) is 3.85. The summed E-state index contributed by atoms with van der Waals surface area (Å²) in [6.45, 7) is 3.35. The molecular formula is C25H28N2O4S. The highest BCUT2D eigenvalue weighted by atomic mass is 32.2. The number of fused-ring (bicyclic) bond motifs is 2. The van der Waals surface area contributed by atoms with Crippen molar-refractivity contribution in [3.63, 3.8) is 0 Å². The summed E-state index contributed by atoms with van der Waals surface area (Å²) in [5.74, 6) is 1.24. The van der Waals surface area contributed by atoms with Gasteiger partial charge in [-0.1, -0.05) is 36.4 Å². The number of anilines is 1. The number of rotatable bonds is 9. The second-order valence-corrected chi connectivity index (χ2v) is 8.76. The zero-order chi connectivity index (χ0) is 22.5. The van der Waals surface area contributed by atoms with Crippen LogP contribution in [0.25, 0.3) is 11.3 Å². The number of nitrogens with one attached hydrogen (secondary N) is 2. The maximum absolute atomic E-state index is 12.6. The van der Waals surface area contributed by atoms with E-state index in [-0.39, 0.29) is 17.9 Å². The lowest BCUT2D eigenvalue weighted by Gasteiger charge is -2.17. The van der Waals surface area contributed by atoms with Gasteiger partial charge in [-0.3, -0.25) is 9.59 Å². The van der Waals surface area contributed by atoms with Gasteiger partial charge < -0.3 is 20.1 Å². The van der Waals surface area contributed by atoms with Crippen LogP contribution < -0.4 is 10.6 Å². The van der Waals surface area contributed by atoms with Crippen molar-refractivity contribution in [2.75, 3.05) is 30.5 Å². The Kier molecular flexibility index (Phi) is 7.17. The molecule has 2 aromatic rings. The summed E-state index contributed by atoms with van der Waals surface area (Å²) < 4.78 is 11.2. The van der Waals surface area contributed by atoms with E-state index >= 15 is 0 Å². The van der Waals surface area contributed by atoms with E-state index in [1.807, 2.05) is 43.5 Å². The molecule has 2 heterocycles. The molecule has 0 bridgehead atoms. The van der Waals surface area contributed by atoms with Crippen molar-refractivity contribution in [2.45, 2.75) is 32.4 Å². The summed E-state index contributed by atoms with van der Waals surface area (Å²) in [7, 11) is 0. The molecule has 2 aliphatic rings. The van der Waals surface area contributed by atoms with Gasteiger partial charge in [0.05, 0.1) is 12.2 Å². The quantitative estimate of drug-likeness (QED) is 0.445. The van der Waals surface area contributed by atoms with Crippen molar-refractivity contribution in [1.29, 1.82) is 0 Å². The maximum Gasteiger partial charge on any atom is 0.323 e. The van der Waals surface area contributed by atoms with Gasteiger partial charge in [-0.2, -0.15) is 11.8 Å². The van der Waals surface area contributed by atoms with Crippen LogP contribution in [0.3, 0.4) is 0 Å². The van der Waals surface area contributed by atoms with Gasteiger partial charge >= 0.3 is 5.97 Å². The molecule has 2 N–H and O–H groups in total. The van der Waals surface area contributed by atoms with Crippen molar-refractivity contribution in [3.8, 4) is 0 Å². The molecule has 0 aromatic heterocycles. The lowest BCUT2D eigenvalue weighted by Crippen LogP contribution is -2.39. The van der Waals surface area contributed by atoms with Crippen LogP contribution in [0.1, 0.15) is 35.6 Å². The van der Waals surface area contributed by atoms with Crippen LogP contribution in [0.5, 0.6) is 0 Å². The van der Waals surface area contributed by atoms with E-state index in [1.54, 1.807) is 11.8 Å². The van der Waals surface area contributed by atoms with E-state index in [4.69, 9.17) is 9.47 Å². The zero-order valence-corrected chi connectivity index (χ0v) is 19.2. The number of carbonyl (C=O) groups excluding carboxylic acids is 2. The Hall–Kier alpha value is -2.77. The van der Waals surface area contributed by atoms with Gasteiger partial charge in [0.2, 0.25) is 0 Å². The van der Waals surface area contributed by atoms with E-state index < -0.39 is 0 Å². The lowest BCUT2D eigenvalue weighted by molar-refractivity contribution is -0.145. The second kappa shape index (κ2) is 10.2. The molecule has 2 aliphatic heterocycles. The SMILES string of the molecule is CCOC(=O)[C@H](CCSC)NCCc1ccc2c(c1)COC2=C1C(=O)Nc2ccccc21. The number of benzene rings is 2. The first-order valence-electron chi connectivity index (χ1n) is 10.9. The first kappa shape index (κ1) is 22.4. The predicted molar refractivity (Wildman–Crippen MR) is 128 cm³/mol. The number of hydrogen-bond acceptors (Lipinski definition) is 6. The fraction of sp³-hybridized carbons (Fsp3) is 0.360. The third-order valence-electron chi connectivity index (χ3n) is 5.67. The Morgan fingerprint density at radius 1 is 1.25 bits per heavy atom. The molecule has 0 spiro atoms. The molecule has 0 saturated carbocycles. The molecule has 0 unspecified atom stereocenters. The second-order valence-electron chi connectivity index (χ2n) is 7.77. The van der Waals surface area contributed by atoms with Crippen LogP contribution in [0.4, 0.5) is 5.69 Å². The molecule has 0 saturated heterocycles. The molecule has 168 valence electrons. The molecule has 6 nitrogen and oxygen atoms in total. The van der Waals surface area contributed by atoms with Crippen LogP contribution in [0, 0.1) is 0 Å². The smallest absolute Gasteiger partial charge is 0.323 e. The largest absolute Gasteiger partial charge is 0.487 e. The molecule has 1 amide bonds. The highest BCUT2D eigenvalue weighted by Crippen LogP contribution is 2.41. The highest BCUT2D eigenvalue weighted by Gasteiger charge is 2.32. The fourth-order valence-electron chi connectivity index (χ4n) is 4.09. The molecule has 0 radical (unpaired) electrons. The monoisotopic (exact) mass is 452 g/mol. The first-order chi connectivity index (χ1) is 15.6. The lowest BCUT2D eigenvalue weighted by atomic mass is 9.98. The van der Waals surface area contributed by atoms with Crippen molar-refractivity contribution < 1.29 is 19.1 Å². The van der Waals surface area contributed by atoms with Gasteiger partial charge in [0.15, 0.2) is 0 Å². The average molecular weight is 453 g/mol. The number of thioether (sulfide) groups is 1. The minimum absolute atomic E-state index is 0.127. The number of amides is 1. The van der Waals surface area contributed by atoms with Crippen LogP contribution >= 0.6 is 11.8 Å². The molecule has 0 aliphatic carbocycles. The minimum atomic E-state index is -0.280. The Labute approximate surface area is 192 Å². The van der Waals surface area contributed by atoms with E-state index in [0.717, 1.165) is 46.5 Å². The molecule has 0 fully saturated rings. The summed E-state index contributed by atoms with van der Waals surface area (Å²) in [4.78, 5) is 24.8. The Morgan fingerprint density at radius 2 is 2.09 bits per heavy atom. The van der Waals surface area contributed by atoms with Crippen molar-refractivity contribution in [3.05, 3.63) is 64.7 Å². The molecule has 7 heteroatoms. The maximum atomic E-state index is 12.6. The van der Waals surface area contributed by atoms with E-state index in [2.05, 4.69) is 22.8 Å². The Bertz CT molecular complexity index is 1050. The first-order valence-corrected chi connectivity index (χ1v) is 12.3. The summed E-state index contributed by atoms with van der Waals surface area (Å²) >= 11 is 1.72. The van der Waals surface area contributed by atoms with E-state index in [9.17, 15) is 9.59 Å². The van der Waals surface area contributed by atoms with Gasteiger partial charge in [0.1, 0.15) is 18.4 Å². The van der Waals surface area contributed by atoms with Crippen molar-refractivity contribution in [1.82, 2.24) is 5.32 Å². The standard InChI is InChI=1S/C25H28N2O4S/c1-3-30-25(29)21(11-13-32-2)26-12-10-16-8-9-18-17(14-16)15-31-23(18)22-19-6-4-5-7-20(19)27-24(22)28/h4-9,14,21,26H,3,10-13,15H2,1-2H3,(H,27,28)/t21-/m0/s1. The van der Waals surface area contributed by atoms with Crippen molar-refractivity contribution >= 4 is 40.7 Å². The van der Waals surface area contributed by atoms with Gasteiger partial charge in [0.25, 0.3) is 5.91 Å². The normalized spacial score (nSPS) is 17.4. The van der Waals surface area contributed by atoms with E-state index in [1.165, 1.54) is 0 Å². The number of para-hydroxylation sites is 1. The highest BCUT2D eigenvalue weighted by molar-refractivity contribution is 7.98. The Balaban J connectivity index is 1.45.